The maximum atomic E-state index is 12.2. The van der Waals surface area contributed by atoms with Crippen molar-refractivity contribution in [2.75, 3.05) is 19.0 Å². The molecule has 0 spiro atoms. The third kappa shape index (κ3) is 3.31. The third-order valence-corrected chi connectivity index (χ3v) is 3.04. The molecule has 0 aliphatic heterocycles. The summed E-state index contributed by atoms with van der Waals surface area (Å²) >= 11 is 0. The number of hydrogen-bond donors (Lipinski definition) is 2. The second-order valence-electron chi connectivity index (χ2n) is 4.55. The monoisotopic (exact) mass is 286 g/mol. The highest BCUT2D eigenvalue weighted by atomic mass is 16.5. The summed E-state index contributed by atoms with van der Waals surface area (Å²) in [5.74, 6) is -0.381. The number of fused-ring (bicyclic) bond motifs is 1. The van der Waals surface area contributed by atoms with Gasteiger partial charge in [0.25, 0.3) is 0 Å². The summed E-state index contributed by atoms with van der Waals surface area (Å²) in [5, 5.41) is 6.78. The van der Waals surface area contributed by atoms with Crippen molar-refractivity contribution in [3.63, 3.8) is 0 Å². The molecule has 0 aromatic heterocycles. The molecule has 5 heteroatoms. The number of esters is 1. The molecule has 0 atom stereocenters. The standard InChI is InChI=1S/C16H18N2O3/c1-3-10-21-15(19)12-8-4-6-11-7-5-9-13(14(11)12)18-16(20)17-2/h4-9H,3,10H2,1-2H3,(H2,17,18,20). The molecule has 0 aliphatic rings. The number of anilines is 1. The molecule has 2 N–H and O–H groups in total. The maximum absolute atomic E-state index is 12.2. The van der Waals surface area contributed by atoms with Crippen LogP contribution in [0.4, 0.5) is 10.5 Å². The Balaban J connectivity index is 2.50. The van der Waals surface area contributed by atoms with Crippen LogP contribution in [0.5, 0.6) is 0 Å². The van der Waals surface area contributed by atoms with Crippen LogP contribution in [0.1, 0.15) is 23.7 Å². The lowest BCUT2D eigenvalue weighted by molar-refractivity contribution is 0.0507. The third-order valence-electron chi connectivity index (χ3n) is 3.04. The van der Waals surface area contributed by atoms with Gasteiger partial charge in [0, 0.05) is 12.4 Å². The van der Waals surface area contributed by atoms with Gasteiger partial charge in [-0.1, -0.05) is 31.2 Å². The van der Waals surface area contributed by atoms with E-state index in [-0.39, 0.29) is 12.0 Å². The lowest BCUT2D eigenvalue weighted by Crippen LogP contribution is -2.24. The zero-order valence-electron chi connectivity index (χ0n) is 12.1. The zero-order chi connectivity index (χ0) is 15.2. The first kappa shape index (κ1) is 14.8. The van der Waals surface area contributed by atoms with Crippen LogP contribution in [-0.2, 0) is 4.74 Å². The first-order chi connectivity index (χ1) is 10.2. The van der Waals surface area contributed by atoms with E-state index in [1.54, 1.807) is 18.2 Å². The van der Waals surface area contributed by atoms with Crippen LogP contribution in [0.15, 0.2) is 36.4 Å². The first-order valence-electron chi connectivity index (χ1n) is 6.85. The minimum atomic E-state index is -0.381. The van der Waals surface area contributed by atoms with Gasteiger partial charge in [-0.25, -0.2) is 9.59 Å². The number of hydrogen-bond acceptors (Lipinski definition) is 3. The Bertz CT molecular complexity index is 662. The number of benzene rings is 2. The van der Waals surface area contributed by atoms with E-state index in [9.17, 15) is 9.59 Å². The Morgan fingerprint density at radius 2 is 1.86 bits per heavy atom. The number of ether oxygens (including phenoxy) is 1. The molecule has 0 saturated heterocycles. The summed E-state index contributed by atoms with van der Waals surface area (Å²) in [6.07, 6.45) is 0.764. The van der Waals surface area contributed by atoms with Crippen molar-refractivity contribution in [2.24, 2.45) is 0 Å². The van der Waals surface area contributed by atoms with Crippen molar-refractivity contribution in [1.29, 1.82) is 0 Å². The van der Waals surface area contributed by atoms with Crippen LogP contribution in [0, 0.1) is 0 Å². The van der Waals surface area contributed by atoms with Crippen LogP contribution >= 0.6 is 0 Å². The Morgan fingerprint density at radius 3 is 2.52 bits per heavy atom. The molecule has 0 radical (unpaired) electrons. The van der Waals surface area contributed by atoms with E-state index in [0.717, 1.165) is 11.8 Å². The number of urea groups is 1. The summed E-state index contributed by atoms with van der Waals surface area (Å²) in [6, 6.07) is 10.5. The van der Waals surface area contributed by atoms with Crippen molar-refractivity contribution in [2.45, 2.75) is 13.3 Å². The van der Waals surface area contributed by atoms with Gasteiger partial charge in [0.1, 0.15) is 0 Å². The van der Waals surface area contributed by atoms with Gasteiger partial charge in [-0.2, -0.15) is 0 Å². The minimum Gasteiger partial charge on any atom is -0.462 e. The summed E-state index contributed by atoms with van der Waals surface area (Å²) in [6.45, 7) is 2.31. The first-order valence-corrected chi connectivity index (χ1v) is 6.85. The highest BCUT2D eigenvalue weighted by Crippen LogP contribution is 2.27. The summed E-state index contributed by atoms with van der Waals surface area (Å²) in [4.78, 5) is 23.7. The summed E-state index contributed by atoms with van der Waals surface area (Å²) in [5.41, 5.74) is 1.03. The second-order valence-corrected chi connectivity index (χ2v) is 4.55. The fourth-order valence-electron chi connectivity index (χ4n) is 2.07. The number of amides is 2. The van der Waals surface area contributed by atoms with Gasteiger partial charge in [-0.05, 0) is 23.9 Å². The summed E-state index contributed by atoms with van der Waals surface area (Å²) < 4.78 is 5.20. The molecular formula is C16H18N2O3. The predicted octanol–water partition coefficient (Wildman–Crippen LogP) is 3.16. The quantitative estimate of drug-likeness (QED) is 0.848. The van der Waals surface area contributed by atoms with Crippen LogP contribution < -0.4 is 10.6 Å². The molecule has 0 aliphatic carbocycles. The Labute approximate surface area is 123 Å². The molecule has 0 bridgehead atoms. The molecule has 2 aromatic rings. The molecular weight excluding hydrogens is 268 g/mol. The molecule has 21 heavy (non-hydrogen) atoms. The van der Waals surface area contributed by atoms with E-state index in [0.29, 0.717) is 23.2 Å². The molecule has 0 unspecified atom stereocenters. The fraction of sp³-hybridized carbons (Fsp3) is 0.250. The smallest absolute Gasteiger partial charge is 0.338 e. The highest BCUT2D eigenvalue weighted by Gasteiger charge is 2.15. The van der Waals surface area contributed by atoms with Crippen LogP contribution in [0.3, 0.4) is 0 Å². The average Bonchev–Trinajstić information content (AvgIpc) is 2.52. The predicted molar refractivity (Wildman–Crippen MR) is 82.6 cm³/mol. The minimum absolute atomic E-state index is 0.334. The topological polar surface area (TPSA) is 67.4 Å². The average molecular weight is 286 g/mol. The van der Waals surface area contributed by atoms with E-state index in [1.807, 2.05) is 25.1 Å². The molecule has 5 nitrogen and oxygen atoms in total. The van der Waals surface area contributed by atoms with Crippen molar-refractivity contribution in [3.05, 3.63) is 42.0 Å². The molecule has 2 amide bonds. The SMILES string of the molecule is CCCOC(=O)c1cccc2cccc(NC(=O)NC)c12. The van der Waals surface area contributed by atoms with E-state index >= 15 is 0 Å². The molecule has 2 aromatic carbocycles. The van der Waals surface area contributed by atoms with Crippen molar-refractivity contribution >= 4 is 28.5 Å². The van der Waals surface area contributed by atoms with Crippen LogP contribution in [-0.4, -0.2) is 25.7 Å². The fourth-order valence-corrected chi connectivity index (χ4v) is 2.07. The number of nitrogens with one attached hydrogen (secondary N) is 2. The van der Waals surface area contributed by atoms with E-state index in [4.69, 9.17) is 4.74 Å². The molecule has 0 heterocycles. The van der Waals surface area contributed by atoms with Crippen molar-refractivity contribution < 1.29 is 14.3 Å². The largest absolute Gasteiger partial charge is 0.462 e. The maximum Gasteiger partial charge on any atom is 0.338 e. The van der Waals surface area contributed by atoms with Crippen LogP contribution in [0.2, 0.25) is 0 Å². The van der Waals surface area contributed by atoms with Crippen LogP contribution in [0.25, 0.3) is 10.8 Å². The zero-order valence-corrected chi connectivity index (χ0v) is 12.1. The van der Waals surface area contributed by atoms with Crippen molar-refractivity contribution in [1.82, 2.24) is 5.32 Å². The number of rotatable bonds is 4. The van der Waals surface area contributed by atoms with Gasteiger partial charge >= 0.3 is 12.0 Å². The lowest BCUT2D eigenvalue weighted by Gasteiger charge is -2.12. The van der Waals surface area contributed by atoms with Gasteiger partial charge in [-0.15, -0.1) is 0 Å². The Kier molecular flexibility index (Phi) is 4.77. The van der Waals surface area contributed by atoms with E-state index < -0.39 is 0 Å². The molecule has 110 valence electrons. The van der Waals surface area contributed by atoms with Crippen molar-refractivity contribution in [3.8, 4) is 0 Å². The van der Waals surface area contributed by atoms with E-state index in [1.165, 1.54) is 7.05 Å². The summed E-state index contributed by atoms with van der Waals surface area (Å²) in [7, 11) is 1.54. The second kappa shape index (κ2) is 6.74. The Hall–Kier alpha value is -2.56. The molecule has 2 rings (SSSR count). The van der Waals surface area contributed by atoms with E-state index in [2.05, 4.69) is 10.6 Å². The number of carbonyl (C=O) groups is 2. The molecule has 0 saturated carbocycles. The highest BCUT2D eigenvalue weighted by molar-refractivity contribution is 6.12. The van der Waals surface area contributed by atoms with Gasteiger partial charge in [0.2, 0.25) is 0 Å². The van der Waals surface area contributed by atoms with Gasteiger partial charge in [0.15, 0.2) is 0 Å². The van der Waals surface area contributed by atoms with Gasteiger partial charge in [0.05, 0.1) is 17.9 Å². The normalized spacial score (nSPS) is 10.2. The molecule has 0 fully saturated rings. The van der Waals surface area contributed by atoms with Gasteiger partial charge in [-0.3, -0.25) is 0 Å². The lowest BCUT2D eigenvalue weighted by atomic mass is 10.0. The van der Waals surface area contributed by atoms with Gasteiger partial charge < -0.3 is 15.4 Å². The number of carbonyl (C=O) groups excluding carboxylic acids is 2. The Morgan fingerprint density at radius 1 is 1.14 bits per heavy atom.